The van der Waals surface area contributed by atoms with Crippen LogP contribution in [0.5, 0.6) is 0 Å². The van der Waals surface area contributed by atoms with Crippen LogP contribution in [0.4, 0.5) is 5.82 Å². The Bertz CT molecular complexity index is 751. The highest BCUT2D eigenvalue weighted by Crippen LogP contribution is 2.21. The summed E-state index contributed by atoms with van der Waals surface area (Å²) in [6.07, 6.45) is 6.97. The molecular weight excluding hydrogens is 304 g/mol. The Kier molecular flexibility index (Phi) is 4.89. The van der Waals surface area contributed by atoms with Crippen molar-refractivity contribution in [3.63, 3.8) is 0 Å². The molecule has 3 heterocycles. The van der Waals surface area contributed by atoms with E-state index in [1.165, 1.54) is 4.57 Å². The van der Waals surface area contributed by atoms with Crippen LogP contribution in [0.25, 0.3) is 0 Å². The number of nitrogens with zero attached hydrogens (tertiary/aromatic N) is 6. The Morgan fingerprint density at radius 3 is 2.75 bits per heavy atom. The fraction of sp³-hybridized carbons (Fsp3) is 0.529. The van der Waals surface area contributed by atoms with Crippen molar-refractivity contribution in [2.75, 3.05) is 25.0 Å². The topological polar surface area (TPSA) is 67.2 Å². The molecule has 1 aliphatic rings. The molecule has 24 heavy (non-hydrogen) atoms. The van der Waals surface area contributed by atoms with Crippen LogP contribution < -0.4 is 10.5 Å². The summed E-state index contributed by atoms with van der Waals surface area (Å²) >= 11 is 0. The molecule has 0 amide bonds. The number of anilines is 1. The smallest absolute Gasteiger partial charge is 0.257 e. The molecule has 0 saturated carbocycles. The largest absolute Gasteiger partial charge is 0.356 e. The van der Waals surface area contributed by atoms with Gasteiger partial charge in [-0.25, -0.2) is 15.0 Å². The predicted octanol–water partition coefficient (Wildman–Crippen LogP) is 0.980. The van der Waals surface area contributed by atoms with Crippen molar-refractivity contribution in [1.82, 2.24) is 24.4 Å². The lowest BCUT2D eigenvalue weighted by Crippen LogP contribution is -2.44. The lowest BCUT2D eigenvalue weighted by Gasteiger charge is -2.37. The van der Waals surface area contributed by atoms with E-state index >= 15 is 0 Å². The Morgan fingerprint density at radius 1 is 1.29 bits per heavy atom. The second-order valence-corrected chi connectivity index (χ2v) is 6.47. The Morgan fingerprint density at radius 2 is 2.04 bits per heavy atom. The molecule has 0 aromatic carbocycles. The molecule has 128 valence electrons. The molecule has 1 aliphatic heterocycles. The third kappa shape index (κ3) is 3.62. The Balaban J connectivity index is 1.59. The van der Waals surface area contributed by atoms with E-state index in [2.05, 4.69) is 31.8 Å². The van der Waals surface area contributed by atoms with Gasteiger partial charge in [0.05, 0.1) is 6.33 Å². The van der Waals surface area contributed by atoms with Crippen LogP contribution in [0.3, 0.4) is 0 Å². The number of hydrogen-bond donors (Lipinski definition) is 0. The number of aromatic nitrogens is 4. The predicted molar refractivity (Wildman–Crippen MR) is 92.9 cm³/mol. The Hall–Kier alpha value is -2.28. The van der Waals surface area contributed by atoms with E-state index in [1.807, 2.05) is 13.0 Å². The van der Waals surface area contributed by atoms with Crippen LogP contribution in [0.15, 0.2) is 29.7 Å². The molecule has 3 rings (SSSR count). The highest BCUT2D eigenvalue weighted by Gasteiger charge is 2.24. The van der Waals surface area contributed by atoms with Crippen molar-refractivity contribution in [3.05, 3.63) is 46.5 Å². The highest BCUT2D eigenvalue weighted by molar-refractivity contribution is 5.39. The van der Waals surface area contributed by atoms with E-state index in [-0.39, 0.29) is 5.56 Å². The molecular formula is C17H24N6O. The zero-order chi connectivity index (χ0) is 17.1. The number of hydrogen-bond acceptors (Lipinski definition) is 6. The van der Waals surface area contributed by atoms with Crippen molar-refractivity contribution in [2.24, 2.45) is 7.05 Å². The van der Waals surface area contributed by atoms with Crippen molar-refractivity contribution in [2.45, 2.75) is 32.4 Å². The molecule has 0 aliphatic carbocycles. The summed E-state index contributed by atoms with van der Waals surface area (Å²) in [5, 5.41) is 0. The standard InChI is InChI=1S/C17H24N6O/c1-13-8-16(20-11-19-13)22(3)15-4-6-23(7-5-15)10-14-9-18-12-21(2)17(14)24/h8-9,11-12,15H,4-7,10H2,1-3H3. The van der Waals surface area contributed by atoms with E-state index in [1.54, 1.807) is 25.9 Å². The van der Waals surface area contributed by atoms with Crippen LogP contribution in [0.2, 0.25) is 0 Å². The Labute approximate surface area is 142 Å². The lowest BCUT2D eigenvalue weighted by molar-refractivity contribution is 0.202. The minimum absolute atomic E-state index is 0.0423. The third-order valence-corrected chi connectivity index (χ3v) is 4.71. The maximum Gasteiger partial charge on any atom is 0.257 e. The molecule has 1 fully saturated rings. The van der Waals surface area contributed by atoms with Gasteiger partial charge in [-0.2, -0.15) is 0 Å². The van der Waals surface area contributed by atoms with Gasteiger partial charge >= 0.3 is 0 Å². The maximum absolute atomic E-state index is 12.1. The second kappa shape index (κ2) is 7.09. The van der Waals surface area contributed by atoms with E-state index in [0.717, 1.165) is 43.0 Å². The molecule has 1 saturated heterocycles. The minimum atomic E-state index is 0.0423. The van der Waals surface area contributed by atoms with Crippen molar-refractivity contribution in [1.29, 1.82) is 0 Å². The summed E-state index contributed by atoms with van der Waals surface area (Å²) in [5.41, 5.74) is 1.79. The van der Waals surface area contributed by atoms with Gasteiger partial charge in [-0.15, -0.1) is 0 Å². The van der Waals surface area contributed by atoms with Gasteiger partial charge in [0.15, 0.2) is 0 Å². The highest BCUT2D eigenvalue weighted by atomic mass is 16.1. The minimum Gasteiger partial charge on any atom is -0.356 e. The lowest BCUT2D eigenvalue weighted by atomic mass is 10.0. The molecule has 0 N–H and O–H groups in total. The van der Waals surface area contributed by atoms with Gasteiger partial charge in [0.25, 0.3) is 5.56 Å². The van der Waals surface area contributed by atoms with Crippen LogP contribution in [0.1, 0.15) is 24.1 Å². The summed E-state index contributed by atoms with van der Waals surface area (Å²) in [6.45, 7) is 4.59. The number of rotatable bonds is 4. The van der Waals surface area contributed by atoms with Crippen molar-refractivity contribution < 1.29 is 0 Å². The normalized spacial score (nSPS) is 16.3. The molecule has 0 atom stereocenters. The van der Waals surface area contributed by atoms with E-state index < -0.39 is 0 Å². The summed E-state index contributed by atoms with van der Waals surface area (Å²) in [7, 11) is 3.84. The number of piperidine rings is 1. The summed E-state index contributed by atoms with van der Waals surface area (Å²) in [4.78, 5) is 29.3. The van der Waals surface area contributed by atoms with Crippen LogP contribution in [-0.2, 0) is 13.6 Å². The number of aryl methyl sites for hydroxylation is 2. The summed E-state index contributed by atoms with van der Waals surface area (Å²) in [6, 6.07) is 2.48. The van der Waals surface area contributed by atoms with E-state index in [4.69, 9.17) is 0 Å². The fourth-order valence-electron chi connectivity index (χ4n) is 3.19. The molecule has 0 bridgehead atoms. The maximum atomic E-state index is 12.1. The third-order valence-electron chi connectivity index (χ3n) is 4.71. The van der Waals surface area contributed by atoms with Crippen LogP contribution in [-0.4, -0.2) is 50.6 Å². The SMILES string of the molecule is Cc1cc(N(C)C2CCN(Cc3cncn(C)c3=O)CC2)ncn1. The summed E-state index contributed by atoms with van der Waals surface area (Å²) < 4.78 is 1.54. The van der Waals surface area contributed by atoms with Crippen LogP contribution in [0, 0.1) is 6.92 Å². The first kappa shape index (κ1) is 16.6. The molecule has 7 heteroatoms. The molecule has 2 aromatic heterocycles. The second-order valence-electron chi connectivity index (χ2n) is 6.47. The monoisotopic (exact) mass is 328 g/mol. The zero-order valence-electron chi connectivity index (χ0n) is 14.5. The van der Waals surface area contributed by atoms with Gasteiger partial charge in [0.1, 0.15) is 12.1 Å². The van der Waals surface area contributed by atoms with Gasteiger partial charge in [-0.1, -0.05) is 0 Å². The first-order chi connectivity index (χ1) is 11.5. The quantitative estimate of drug-likeness (QED) is 0.833. The van der Waals surface area contributed by atoms with E-state index in [0.29, 0.717) is 12.6 Å². The first-order valence-electron chi connectivity index (χ1n) is 8.28. The molecule has 0 spiro atoms. The van der Waals surface area contributed by atoms with Gasteiger partial charge in [-0.3, -0.25) is 9.69 Å². The number of likely N-dealkylation sites (tertiary alicyclic amines) is 1. The van der Waals surface area contributed by atoms with Crippen molar-refractivity contribution >= 4 is 5.82 Å². The molecule has 0 unspecified atom stereocenters. The average molecular weight is 328 g/mol. The molecule has 0 radical (unpaired) electrons. The fourth-order valence-corrected chi connectivity index (χ4v) is 3.19. The van der Waals surface area contributed by atoms with Crippen LogP contribution >= 0.6 is 0 Å². The van der Waals surface area contributed by atoms with E-state index in [9.17, 15) is 4.79 Å². The zero-order valence-corrected chi connectivity index (χ0v) is 14.5. The molecule has 7 nitrogen and oxygen atoms in total. The average Bonchev–Trinajstić information content (AvgIpc) is 2.59. The van der Waals surface area contributed by atoms with Crippen molar-refractivity contribution in [3.8, 4) is 0 Å². The molecule has 2 aromatic rings. The van der Waals surface area contributed by atoms with Gasteiger partial charge < -0.3 is 9.47 Å². The van der Waals surface area contributed by atoms with Gasteiger partial charge in [0.2, 0.25) is 0 Å². The summed E-state index contributed by atoms with van der Waals surface area (Å²) in [5.74, 6) is 0.974. The van der Waals surface area contributed by atoms with Gasteiger partial charge in [-0.05, 0) is 19.8 Å². The van der Waals surface area contributed by atoms with Gasteiger partial charge in [0, 0.05) is 63.3 Å². The first-order valence-corrected chi connectivity index (χ1v) is 8.28.